The number of rotatable bonds is 9. The predicted molar refractivity (Wildman–Crippen MR) is 159 cm³/mol. The van der Waals surface area contributed by atoms with Crippen molar-refractivity contribution in [2.45, 2.75) is 46.3 Å². The molecule has 42 heavy (non-hydrogen) atoms. The first-order valence-corrected chi connectivity index (χ1v) is 13.9. The van der Waals surface area contributed by atoms with Crippen LogP contribution in [0.2, 0.25) is 0 Å². The van der Waals surface area contributed by atoms with E-state index in [-0.39, 0.29) is 5.91 Å². The van der Waals surface area contributed by atoms with Crippen LogP contribution in [0.4, 0.5) is 0 Å². The molecule has 12 nitrogen and oxygen atoms in total. The Balaban J connectivity index is 1.48. The Morgan fingerprint density at radius 1 is 0.905 bits per heavy atom. The number of carbonyl (C=O) groups excluding carboxylic acids is 3. The quantitative estimate of drug-likeness (QED) is 0.215. The number of aryl methyl sites for hydroxylation is 6. The van der Waals surface area contributed by atoms with Crippen LogP contribution in [0.3, 0.4) is 0 Å². The molecule has 2 amide bonds. The molecule has 0 aliphatic rings. The molecule has 2 aromatic carbocycles. The molecule has 2 N–H and O–H groups in total. The number of aromatic nitrogens is 6. The van der Waals surface area contributed by atoms with Crippen LogP contribution in [0.25, 0.3) is 22.1 Å². The molecule has 218 valence electrons. The van der Waals surface area contributed by atoms with Crippen LogP contribution in [0.1, 0.15) is 56.7 Å². The first-order chi connectivity index (χ1) is 20.2. The predicted octanol–water partition coefficient (Wildman–Crippen LogP) is 2.46. The summed E-state index contributed by atoms with van der Waals surface area (Å²) in [5, 5.41) is 4.39. The highest BCUT2D eigenvalue weighted by molar-refractivity contribution is 5.96. The third kappa shape index (κ3) is 5.00. The van der Waals surface area contributed by atoms with E-state index in [2.05, 4.69) is 19.7 Å². The lowest BCUT2D eigenvalue weighted by Crippen LogP contribution is -2.27. The summed E-state index contributed by atoms with van der Waals surface area (Å²) in [4.78, 5) is 45.6. The van der Waals surface area contributed by atoms with Crippen molar-refractivity contribution in [2.24, 2.45) is 29.8 Å². The van der Waals surface area contributed by atoms with Gasteiger partial charge >= 0.3 is 0 Å². The average Bonchev–Trinajstić information content (AvgIpc) is 3.59. The molecule has 12 heteroatoms. The first kappa shape index (κ1) is 28.5. The second-order valence-corrected chi connectivity index (χ2v) is 10.3. The molecule has 5 rings (SSSR count). The Bertz CT molecular complexity index is 2000. The first-order valence-electron chi connectivity index (χ1n) is 13.9. The molecule has 0 radical (unpaired) electrons. The lowest BCUT2D eigenvalue weighted by molar-refractivity contribution is 0.0982. The molecule has 3 aromatic heterocycles. The van der Waals surface area contributed by atoms with E-state index in [1.807, 2.05) is 59.8 Å². The topological polar surface area (TPSA) is 139 Å². The molecule has 0 atom stereocenters. The summed E-state index contributed by atoms with van der Waals surface area (Å²) in [5.41, 5.74) is 12.5. The average molecular weight is 570 g/mol. The van der Waals surface area contributed by atoms with E-state index < -0.39 is 5.91 Å². The van der Waals surface area contributed by atoms with Crippen molar-refractivity contribution in [3.63, 3.8) is 0 Å². The fraction of sp³-hybridized carbons (Fsp3) is 0.333. The van der Waals surface area contributed by atoms with Crippen LogP contribution < -0.4 is 17.0 Å². The second-order valence-electron chi connectivity index (χ2n) is 10.3. The van der Waals surface area contributed by atoms with Crippen molar-refractivity contribution in [3.05, 3.63) is 76.2 Å². The van der Waals surface area contributed by atoms with Gasteiger partial charge in [-0.15, -0.1) is 0 Å². The summed E-state index contributed by atoms with van der Waals surface area (Å²) in [6, 6.07) is 12.7. The summed E-state index contributed by atoms with van der Waals surface area (Å²) >= 11 is 0. The molecule has 0 spiro atoms. The van der Waals surface area contributed by atoms with Crippen molar-refractivity contribution in [1.82, 2.24) is 28.0 Å². The lowest BCUT2D eigenvalue weighted by Gasteiger charge is -2.08. The van der Waals surface area contributed by atoms with Gasteiger partial charge in [0.15, 0.2) is 0 Å². The van der Waals surface area contributed by atoms with Gasteiger partial charge in [-0.2, -0.15) is 10.1 Å². The second kappa shape index (κ2) is 11.5. The van der Waals surface area contributed by atoms with E-state index in [0.29, 0.717) is 42.1 Å². The Morgan fingerprint density at radius 2 is 1.52 bits per heavy atom. The van der Waals surface area contributed by atoms with Crippen molar-refractivity contribution >= 4 is 40.2 Å². The van der Waals surface area contributed by atoms with Gasteiger partial charge in [-0.05, 0) is 69.2 Å². The summed E-state index contributed by atoms with van der Waals surface area (Å²) in [7, 11) is 5.52. The number of nitrogens with zero attached hydrogens (tertiary/aromatic N) is 8. The number of aldehydes is 1. The molecule has 0 saturated carbocycles. The maximum Gasteiger partial charge on any atom is 0.298 e. The summed E-state index contributed by atoms with van der Waals surface area (Å²) in [6.45, 7) is 5.64. The van der Waals surface area contributed by atoms with Crippen LogP contribution in [0, 0.1) is 6.92 Å². The zero-order valence-corrected chi connectivity index (χ0v) is 24.5. The number of carbonyl (C=O) groups is 3. The summed E-state index contributed by atoms with van der Waals surface area (Å²) < 4.78 is 9.62. The summed E-state index contributed by atoms with van der Waals surface area (Å²) in [5.74, 6) is -0.843. The van der Waals surface area contributed by atoms with Crippen LogP contribution >= 0.6 is 0 Å². The van der Waals surface area contributed by atoms with Gasteiger partial charge in [0.1, 0.15) is 12.0 Å². The Kier molecular flexibility index (Phi) is 7.79. The van der Waals surface area contributed by atoms with Crippen molar-refractivity contribution in [2.75, 3.05) is 7.05 Å². The Morgan fingerprint density at radius 3 is 2.14 bits per heavy atom. The van der Waals surface area contributed by atoms with E-state index in [9.17, 15) is 14.4 Å². The minimum absolute atomic E-state index is 0.372. The SMILES string of the molecule is CCn1nc(C)cc1C(=O)/N=c1\n(C)c2cc(C=O)ccc2n1CCCCn1/c(=N/C)n(C)c2cc(C(N)=O)ccc21. The van der Waals surface area contributed by atoms with Gasteiger partial charge in [0.25, 0.3) is 5.91 Å². The highest BCUT2D eigenvalue weighted by atomic mass is 16.2. The summed E-state index contributed by atoms with van der Waals surface area (Å²) in [6.07, 6.45) is 2.41. The maximum absolute atomic E-state index is 13.3. The lowest BCUT2D eigenvalue weighted by atomic mass is 10.2. The molecule has 3 heterocycles. The van der Waals surface area contributed by atoms with Gasteiger partial charge in [0, 0.05) is 51.9 Å². The van der Waals surface area contributed by atoms with E-state index in [4.69, 9.17) is 5.73 Å². The van der Waals surface area contributed by atoms with Gasteiger partial charge in [-0.3, -0.25) is 24.1 Å². The van der Waals surface area contributed by atoms with E-state index in [0.717, 1.165) is 52.5 Å². The molecule has 0 fully saturated rings. The van der Waals surface area contributed by atoms with Crippen LogP contribution in [0.15, 0.2) is 52.4 Å². The molecule has 5 aromatic rings. The number of amides is 2. The third-order valence-electron chi connectivity index (χ3n) is 7.62. The molecule has 0 aliphatic carbocycles. The highest BCUT2D eigenvalue weighted by Crippen LogP contribution is 2.18. The van der Waals surface area contributed by atoms with E-state index >= 15 is 0 Å². The number of hydrogen-bond acceptors (Lipinski definition) is 5. The van der Waals surface area contributed by atoms with Gasteiger partial charge in [0.2, 0.25) is 17.1 Å². The molecule has 0 unspecified atom stereocenters. The largest absolute Gasteiger partial charge is 0.366 e. The molecular weight excluding hydrogens is 534 g/mol. The number of fused-ring (bicyclic) bond motifs is 2. The number of unbranched alkanes of at least 4 members (excludes halogenated alkanes) is 1. The minimum Gasteiger partial charge on any atom is -0.366 e. The van der Waals surface area contributed by atoms with Crippen LogP contribution in [0.5, 0.6) is 0 Å². The normalized spacial score (nSPS) is 12.6. The monoisotopic (exact) mass is 569 g/mol. The van der Waals surface area contributed by atoms with Crippen molar-refractivity contribution in [1.29, 1.82) is 0 Å². The maximum atomic E-state index is 13.3. The minimum atomic E-state index is -0.471. The highest BCUT2D eigenvalue weighted by Gasteiger charge is 2.17. The third-order valence-corrected chi connectivity index (χ3v) is 7.62. The number of imidazole rings is 2. The number of nitrogens with two attached hydrogens (primary N) is 1. The van der Waals surface area contributed by atoms with Crippen LogP contribution in [-0.2, 0) is 33.7 Å². The molecular formula is C30H35N9O3. The number of primary amides is 1. The van der Waals surface area contributed by atoms with Gasteiger partial charge in [-0.25, -0.2) is 0 Å². The van der Waals surface area contributed by atoms with Gasteiger partial charge in [-0.1, -0.05) is 0 Å². The fourth-order valence-electron chi connectivity index (χ4n) is 5.57. The molecule has 0 saturated heterocycles. The van der Waals surface area contributed by atoms with Crippen molar-refractivity contribution in [3.8, 4) is 0 Å². The number of benzene rings is 2. The van der Waals surface area contributed by atoms with E-state index in [1.54, 1.807) is 36.0 Å². The fourth-order valence-corrected chi connectivity index (χ4v) is 5.57. The van der Waals surface area contributed by atoms with Gasteiger partial charge < -0.3 is 24.0 Å². The number of hydrogen-bond donors (Lipinski definition) is 1. The van der Waals surface area contributed by atoms with E-state index in [1.165, 1.54) is 0 Å². The zero-order chi connectivity index (χ0) is 30.1. The smallest absolute Gasteiger partial charge is 0.298 e. The zero-order valence-electron chi connectivity index (χ0n) is 24.5. The Labute approximate surface area is 242 Å². The molecule has 0 bridgehead atoms. The standard InChI is InChI=1S/C30H35N9O3/c1-6-39-26(15-19(2)34-39)28(42)33-30-36(5)24-16-20(18-40)9-11-22(24)38(30)14-8-7-13-37-23-12-10-21(27(31)41)17-25(23)35(4)29(37)32-3/h9-12,15-18H,6-8,13-14H2,1-5H3,(H2,31,41)/b32-29+,33-30+. The van der Waals surface area contributed by atoms with Crippen LogP contribution in [-0.4, -0.2) is 53.2 Å². The van der Waals surface area contributed by atoms with Crippen molar-refractivity contribution < 1.29 is 14.4 Å². The van der Waals surface area contributed by atoms with Gasteiger partial charge in [0.05, 0.1) is 27.8 Å². The molecule has 0 aliphatic heterocycles. The Hall–Kier alpha value is -5.00.